The molecule has 4 aromatic rings. The van der Waals surface area contributed by atoms with E-state index in [0.717, 1.165) is 38.3 Å². The number of methoxy groups -OCH3 is 1. The van der Waals surface area contributed by atoms with E-state index in [2.05, 4.69) is 9.88 Å². The average molecular weight is 738 g/mol. The van der Waals surface area contributed by atoms with Crippen LogP contribution in [-0.4, -0.2) is 102 Å². The van der Waals surface area contributed by atoms with Crippen molar-refractivity contribution < 1.29 is 41.3 Å². The number of amides is 1. The fraction of sp³-hybridized carbons (Fsp3) is 0.513. The number of piperazine rings is 1. The van der Waals surface area contributed by atoms with Crippen molar-refractivity contribution in [2.45, 2.75) is 82.3 Å². The summed E-state index contributed by atoms with van der Waals surface area (Å²) in [6.45, 7) is 7.47. The summed E-state index contributed by atoms with van der Waals surface area (Å²) in [6.07, 6.45) is 2.22. The van der Waals surface area contributed by atoms with Crippen LogP contribution in [0.25, 0.3) is 32.8 Å². The van der Waals surface area contributed by atoms with Gasteiger partial charge in [-0.05, 0) is 88.2 Å². The van der Waals surface area contributed by atoms with Crippen molar-refractivity contribution in [2.24, 2.45) is 0 Å². The molecule has 3 aromatic carbocycles. The van der Waals surface area contributed by atoms with Crippen molar-refractivity contribution in [2.75, 3.05) is 51.6 Å². The van der Waals surface area contributed by atoms with Crippen LogP contribution in [0.2, 0.25) is 0 Å². The number of alkyl halides is 1. The SMILES string of the molecule is COCOc1cc(-c2ccc3c(N4CC5CCC(C4)N5C(=O)OC(C)(C)C)nc(OC[C@@]45CCCN4C[C@H](F)C5)nc3c2F)c2c(F)c(F)ccc2c1. The molecule has 0 saturated carbocycles. The summed E-state index contributed by atoms with van der Waals surface area (Å²) in [7, 11) is 1.45. The number of benzene rings is 3. The average Bonchev–Trinajstić information content (AvgIpc) is 3.73. The molecule has 4 fully saturated rings. The summed E-state index contributed by atoms with van der Waals surface area (Å²) in [6, 6.07) is 8.18. The highest BCUT2D eigenvalue weighted by molar-refractivity contribution is 6.01. The molecule has 4 aliphatic rings. The highest BCUT2D eigenvalue weighted by Gasteiger charge is 2.50. The number of anilines is 1. The van der Waals surface area contributed by atoms with Crippen molar-refractivity contribution in [3.63, 3.8) is 0 Å². The van der Waals surface area contributed by atoms with Crippen LogP contribution in [0.4, 0.5) is 28.2 Å². The number of nitrogens with zero attached hydrogens (tertiary/aromatic N) is 5. The Labute approximate surface area is 304 Å². The van der Waals surface area contributed by atoms with Crippen molar-refractivity contribution in [3.8, 4) is 22.9 Å². The van der Waals surface area contributed by atoms with E-state index in [0.29, 0.717) is 42.6 Å². The number of hydrogen-bond donors (Lipinski definition) is 0. The van der Waals surface area contributed by atoms with Gasteiger partial charge < -0.3 is 23.8 Å². The van der Waals surface area contributed by atoms with E-state index < -0.39 is 34.8 Å². The molecule has 14 heteroatoms. The number of carbonyl (C=O) groups excluding carboxylic acids is 1. The first-order valence-corrected chi connectivity index (χ1v) is 18.2. The van der Waals surface area contributed by atoms with Crippen LogP contribution in [0.5, 0.6) is 11.8 Å². The summed E-state index contributed by atoms with van der Waals surface area (Å²) in [5.41, 5.74) is -1.19. The van der Waals surface area contributed by atoms with Gasteiger partial charge in [-0.3, -0.25) is 9.80 Å². The monoisotopic (exact) mass is 737 g/mol. The topological polar surface area (TPSA) is 89.5 Å². The van der Waals surface area contributed by atoms with Crippen molar-refractivity contribution in [3.05, 3.63) is 53.8 Å². The fourth-order valence-corrected chi connectivity index (χ4v) is 8.77. The fourth-order valence-electron chi connectivity index (χ4n) is 8.77. The van der Waals surface area contributed by atoms with Crippen molar-refractivity contribution in [1.29, 1.82) is 0 Å². The van der Waals surface area contributed by atoms with E-state index in [9.17, 15) is 13.6 Å². The Kier molecular flexibility index (Phi) is 9.03. The molecule has 4 aliphatic heterocycles. The van der Waals surface area contributed by atoms with Gasteiger partial charge in [0.15, 0.2) is 24.2 Å². The van der Waals surface area contributed by atoms with Crippen LogP contribution in [0, 0.1) is 17.5 Å². The third-order valence-corrected chi connectivity index (χ3v) is 11.0. The number of fused-ring (bicyclic) bond motifs is 5. The van der Waals surface area contributed by atoms with E-state index >= 15 is 8.78 Å². The third-order valence-electron chi connectivity index (χ3n) is 11.0. The minimum atomic E-state index is -1.12. The molecule has 282 valence electrons. The van der Waals surface area contributed by atoms with E-state index in [4.69, 9.17) is 23.9 Å². The zero-order valence-electron chi connectivity index (χ0n) is 30.3. The van der Waals surface area contributed by atoms with Crippen LogP contribution < -0.4 is 14.4 Å². The first-order valence-electron chi connectivity index (χ1n) is 18.2. The number of rotatable bonds is 8. The summed E-state index contributed by atoms with van der Waals surface area (Å²) < 4.78 is 84.6. The van der Waals surface area contributed by atoms with Gasteiger partial charge in [0, 0.05) is 49.5 Å². The van der Waals surface area contributed by atoms with Crippen molar-refractivity contribution in [1.82, 2.24) is 19.8 Å². The lowest BCUT2D eigenvalue weighted by Crippen LogP contribution is -2.57. The summed E-state index contributed by atoms with van der Waals surface area (Å²) in [4.78, 5) is 28.6. The molecule has 0 aliphatic carbocycles. The molecule has 1 amide bonds. The normalized spacial score (nSPS) is 24.3. The van der Waals surface area contributed by atoms with Crippen LogP contribution in [0.1, 0.15) is 52.9 Å². The van der Waals surface area contributed by atoms with E-state index in [-0.39, 0.29) is 65.4 Å². The highest BCUT2D eigenvalue weighted by Crippen LogP contribution is 2.43. The molecule has 0 N–H and O–H groups in total. The second kappa shape index (κ2) is 13.5. The Hall–Kier alpha value is -4.43. The molecule has 1 aromatic heterocycles. The Morgan fingerprint density at radius 3 is 2.47 bits per heavy atom. The van der Waals surface area contributed by atoms with E-state index in [1.165, 1.54) is 31.4 Å². The van der Waals surface area contributed by atoms with E-state index in [1.54, 1.807) is 11.0 Å². The maximum absolute atomic E-state index is 17.1. The van der Waals surface area contributed by atoms with Gasteiger partial charge in [-0.1, -0.05) is 12.1 Å². The summed E-state index contributed by atoms with van der Waals surface area (Å²) >= 11 is 0. The number of hydrogen-bond acceptors (Lipinski definition) is 9. The summed E-state index contributed by atoms with van der Waals surface area (Å²) in [5.74, 6) is -2.29. The van der Waals surface area contributed by atoms with Gasteiger partial charge in [0.1, 0.15) is 35.5 Å². The largest absolute Gasteiger partial charge is 0.468 e. The van der Waals surface area contributed by atoms with Gasteiger partial charge in [0.2, 0.25) is 0 Å². The maximum Gasteiger partial charge on any atom is 0.410 e. The lowest BCUT2D eigenvalue weighted by Gasteiger charge is -2.42. The van der Waals surface area contributed by atoms with E-state index in [1.807, 2.05) is 25.7 Å². The predicted octanol–water partition coefficient (Wildman–Crippen LogP) is 7.39. The number of aromatic nitrogens is 2. The minimum Gasteiger partial charge on any atom is -0.468 e. The third kappa shape index (κ3) is 6.47. The van der Waals surface area contributed by atoms with Crippen LogP contribution in [0.15, 0.2) is 36.4 Å². The van der Waals surface area contributed by atoms with Gasteiger partial charge in [-0.15, -0.1) is 0 Å². The lowest BCUT2D eigenvalue weighted by molar-refractivity contribution is 0.0122. The molecular weight excluding hydrogens is 694 g/mol. The van der Waals surface area contributed by atoms with Gasteiger partial charge in [-0.2, -0.15) is 9.97 Å². The zero-order chi connectivity index (χ0) is 37.2. The highest BCUT2D eigenvalue weighted by atomic mass is 19.2. The molecule has 2 bridgehead atoms. The number of carbonyl (C=O) groups is 1. The Bertz CT molecular complexity index is 2070. The quantitative estimate of drug-likeness (QED) is 0.136. The number of halogens is 4. The molecule has 10 nitrogen and oxygen atoms in total. The standard InChI is InChI=1S/C39H43F4N5O5/c1-38(2,3)53-37(49)48-24-7-8-25(48)19-46(18-24)35-28-10-9-27(29-15-26(52-21-50-4)14-22-6-11-30(41)33(43)31(22)29)32(42)34(28)44-36(45-35)51-20-39-12-5-13-47(39)17-23(40)16-39/h6,9-11,14-15,23-25H,5,7-8,12-13,16-21H2,1-4H3/t23-,24?,25?,39+/m1/s1. The molecule has 4 saturated heterocycles. The molecular formula is C39H43F4N5O5. The van der Waals surface area contributed by atoms with Crippen LogP contribution in [0.3, 0.4) is 0 Å². The van der Waals surface area contributed by atoms with Gasteiger partial charge in [0.25, 0.3) is 0 Å². The summed E-state index contributed by atoms with van der Waals surface area (Å²) in [5, 5.41) is 0.577. The first kappa shape index (κ1) is 35.6. The zero-order valence-corrected chi connectivity index (χ0v) is 30.3. The number of ether oxygens (including phenoxy) is 4. The van der Waals surface area contributed by atoms with Crippen LogP contribution in [-0.2, 0) is 9.47 Å². The minimum absolute atomic E-state index is 0.0306. The molecule has 0 spiro atoms. The molecule has 53 heavy (non-hydrogen) atoms. The van der Waals surface area contributed by atoms with Gasteiger partial charge in [0.05, 0.1) is 17.6 Å². The first-order chi connectivity index (χ1) is 25.3. The Balaban J connectivity index is 1.23. The Morgan fingerprint density at radius 1 is 0.962 bits per heavy atom. The molecule has 0 radical (unpaired) electrons. The van der Waals surface area contributed by atoms with Crippen molar-refractivity contribution >= 4 is 33.6 Å². The lowest BCUT2D eigenvalue weighted by atomic mass is 9.95. The van der Waals surface area contributed by atoms with Crippen LogP contribution >= 0.6 is 0 Å². The second-order valence-corrected chi connectivity index (χ2v) is 15.7. The second-order valence-electron chi connectivity index (χ2n) is 15.7. The van der Waals surface area contributed by atoms with Gasteiger partial charge >= 0.3 is 12.1 Å². The Morgan fingerprint density at radius 2 is 1.74 bits per heavy atom. The van der Waals surface area contributed by atoms with Gasteiger partial charge in [-0.25, -0.2) is 22.4 Å². The predicted molar refractivity (Wildman–Crippen MR) is 190 cm³/mol. The maximum atomic E-state index is 17.1. The smallest absolute Gasteiger partial charge is 0.410 e. The molecule has 5 heterocycles. The molecule has 8 rings (SSSR count). The molecule has 4 atom stereocenters. The molecule has 2 unspecified atom stereocenters.